The Bertz CT molecular complexity index is 627. The van der Waals surface area contributed by atoms with E-state index < -0.39 is 11.6 Å². The highest BCUT2D eigenvalue weighted by Gasteiger charge is 2.08. The van der Waals surface area contributed by atoms with E-state index in [1.54, 1.807) is 24.3 Å². The van der Waals surface area contributed by atoms with Crippen LogP contribution in [-0.2, 0) is 0 Å². The Morgan fingerprint density at radius 1 is 1.10 bits per heavy atom. The number of rotatable bonds is 6. The fourth-order valence-corrected chi connectivity index (χ4v) is 2.52. The van der Waals surface area contributed by atoms with Crippen LogP contribution < -0.4 is 4.74 Å². The van der Waals surface area contributed by atoms with E-state index in [2.05, 4.69) is 0 Å². The molecule has 0 atom stereocenters. The van der Waals surface area contributed by atoms with Gasteiger partial charge in [-0.2, -0.15) is 0 Å². The summed E-state index contributed by atoms with van der Waals surface area (Å²) >= 11 is 1.17. The number of hydrogen-bond donors (Lipinski definition) is 0. The zero-order valence-corrected chi connectivity index (χ0v) is 12.3. The molecule has 0 saturated carbocycles. The van der Waals surface area contributed by atoms with E-state index in [0.29, 0.717) is 22.8 Å². The minimum atomic E-state index is -0.909. The molecule has 2 aromatic rings. The monoisotopic (exact) mass is 308 g/mol. The van der Waals surface area contributed by atoms with Crippen LogP contribution in [0.4, 0.5) is 8.78 Å². The summed E-state index contributed by atoms with van der Waals surface area (Å²) < 4.78 is 31.2. The summed E-state index contributed by atoms with van der Waals surface area (Å²) in [5, 5.41) is 0. The predicted molar refractivity (Wildman–Crippen MR) is 79.0 cm³/mol. The Kier molecular flexibility index (Phi) is 5.33. The van der Waals surface area contributed by atoms with E-state index in [9.17, 15) is 13.6 Å². The highest BCUT2D eigenvalue weighted by Crippen LogP contribution is 2.22. The topological polar surface area (TPSA) is 26.3 Å². The van der Waals surface area contributed by atoms with Crippen molar-refractivity contribution in [1.29, 1.82) is 0 Å². The van der Waals surface area contributed by atoms with E-state index in [-0.39, 0.29) is 11.5 Å². The molecule has 0 saturated heterocycles. The average Bonchev–Trinajstić information content (AvgIpc) is 2.49. The highest BCUT2D eigenvalue weighted by molar-refractivity contribution is 8.00. The van der Waals surface area contributed by atoms with Crippen LogP contribution in [0.1, 0.15) is 17.3 Å². The fourth-order valence-electron chi connectivity index (χ4n) is 1.70. The number of hydrogen-bond acceptors (Lipinski definition) is 3. The molecule has 0 aliphatic carbocycles. The normalized spacial score (nSPS) is 10.4. The standard InChI is InChI=1S/C16H14F2O2S/c1-2-20-12-5-3-11(4-6-12)16(19)10-21-13-7-8-14(17)15(18)9-13/h3-9H,2,10H2,1H3. The zero-order valence-electron chi connectivity index (χ0n) is 11.4. The molecule has 5 heteroatoms. The Hall–Kier alpha value is -1.88. The lowest BCUT2D eigenvalue weighted by molar-refractivity contribution is 0.102. The number of ketones is 1. The van der Waals surface area contributed by atoms with Gasteiger partial charge in [0.1, 0.15) is 5.75 Å². The molecule has 0 amide bonds. The highest BCUT2D eigenvalue weighted by atomic mass is 32.2. The molecular formula is C16H14F2O2S. The third-order valence-corrected chi connectivity index (χ3v) is 3.74. The summed E-state index contributed by atoms with van der Waals surface area (Å²) in [7, 11) is 0. The second kappa shape index (κ2) is 7.22. The van der Waals surface area contributed by atoms with Crippen molar-refractivity contribution in [2.75, 3.05) is 12.4 Å². The summed E-state index contributed by atoms with van der Waals surface area (Å²) in [4.78, 5) is 12.5. The summed E-state index contributed by atoms with van der Waals surface area (Å²) in [6.07, 6.45) is 0. The minimum Gasteiger partial charge on any atom is -0.494 e. The van der Waals surface area contributed by atoms with E-state index in [4.69, 9.17) is 4.74 Å². The molecule has 0 radical (unpaired) electrons. The van der Waals surface area contributed by atoms with Crippen molar-refractivity contribution in [3.63, 3.8) is 0 Å². The molecule has 2 rings (SSSR count). The zero-order chi connectivity index (χ0) is 15.2. The van der Waals surface area contributed by atoms with Crippen molar-refractivity contribution < 1.29 is 18.3 Å². The lowest BCUT2D eigenvalue weighted by Crippen LogP contribution is -2.02. The lowest BCUT2D eigenvalue weighted by atomic mass is 10.1. The Morgan fingerprint density at radius 2 is 1.81 bits per heavy atom. The van der Waals surface area contributed by atoms with Gasteiger partial charge in [0.05, 0.1) is 12.4 Å². The third-order valence-electron chi connectivity index (χ3n) is 2.75. The van der Waals surface area contributed by atoms with Gasteiger partial charge in [-0.1, -0.05) is 0 Å². The molecule has 21 heavy (non-hydrogen) atoms. The number of carbonyl (C=O) groups is 1. The Labute approximate surface area is 126 Å². The number of Topliss-reactive ketones (excluding diaryl/α,β-unsaturated/α-hetero) is 1. The maximum Gasteiger partial charge on any atom is 0.173 e. The van der Waals surface area contributed by atoms with Crippen molar-refractivity contribution >= 4 is 17.5 Å². The van der Waals surface area contributed by atoms with Crippen molar-refractivity contribution in [2.45, 2.75) is 11.8 Å². The molecule has 0 fully saturated rings. The summed E-state index contributed by atoms with van der Waals surface area (Å²) in [6.45, 7) is 2.46. The van der Waals surface area contributed by atoms with Crippen LogP contribution in [0.5, 0.6) is 5.75 Å². The molecule has 0 unspecified atom stereocenters. The number of carbonyl (C=O) groups excluding carboxylic acids is 1. The summed E-state index contributed by atoms with van der Waals surface area (Å²) in [5.41, 5.74) is 0.563. The van der Waals surface area contributed by atoms with Crippen LogP contribution >= 0.6 is 11.8 Å². The van der Waals surface area contributed by atoms with Crippen LogP contribution in [0, 0.1) is 11.6 Å². The van der Waals surface area contributed by atoms with Crippen LogP contribution in [0.3, 0.4) is 0 Å². The SMILES string of the molecule is CCOc1ccc(C(=O)CSc2ccc(F)c(F)c2)cc1. The molecule has 0 spiro atoms. The van der Waals surface area contributed by atoms with E-state index in [0.717, 1.165) is 12.1 Å². The molecule has 0 heterocycles. The Morgan fingerprint density at radius 3 is 2.43 bits per heavy atom. The molecule has 2 aromatic carbocycles. The van der Waals surface area contributed by atoms with Gasteiger partial charge in [-0.05, 0) is 49.4 Å². The first kappa shape index (κ1) is 15.5. The van der Waals surface area contributed by atoms with Crippen LogP contribution in [0.25, 0.3) is 0 Å². The van der Waals surface area contributed by atoms with Crippen molar-refractivity contribution in [3.05, 3.63) is 59.7 Å². The molecule has 0 N–H and O–H groups in total. The fraction of sp³-hybridized carbons (Fsp3) is 0.188. The van der Waals surface area contributed by atoms with Crippen molar-refractivity contribution in [3.8, 4) is 5.75 Å². The minimum absolute atomic E-state index is 0.0761. The van der Waals surface area contributed by atoms with E-state index in [1.165, 1.54) is 17.8 Å². The molecule has 0 aliphatic rings. The van der Waals surface area contributed by atoms with Gasteiger partial charge < -0.3 is 4.74 Å². The number of halogens is 2. The lowest BCUT2D eigenvalue weighted by Gasteiger charge is -2.05. The molecule has 2 nitrogen and oxygen atoms in total. The first-order chi connectivity index (χ1) is 10.1. The first-order valence-corrected chi connectivity index (χ1v) is 7.42. The van der Waals surface area contributed by atoms with Crippen LogP contribution in [0.2, 0.25) is 0 Å². The van der Waals surface area contributed by atoms with Crippen LogP contribution in [-0.4, -0.2) is 18.1 Å². The smallest absolute Gasteiger partial charge is 0.173 e. The average molecular weight is 308 g/mol. The van der Waals surface area contributed by atoms with Gasteiger partial charge in [-0.15, -0.1) is 11.8 Å². The molecule has 110 valence electrons. The van der Waals surface area contributed by atoms with Gasteiger partial charge in [-0.3, -0.25) is 4.79 Å². The first-order valence-electron chi connectivity index (χ1n) is 6.44. The van der Waals surface area contributed by atoms with Gasteiger partial charge >= 0.3 is 0 Å². The molecule has 0 aliphatic heterocycles. The van der Waals surface area contributed by atoms with Gasteiger partial charge in [0.2, 0.25) is 0 Å². The summed E-state index contributed by atoms with van der Waals surface area (Å²) in [5.74, 6) is -1.00. The van der Waals surface area contributed by atoms with Gasteiger partial charge in [0.15, 0.2) is 17.4 Å². The second-order valence-electron chi connectivity index (χ2n) is 4.25. The molecular weight excluding hydrogens is 294 g/mol. The Balaban J connectivity index is 1.96. The van der Waals surface area contributed by atoms with Gasteiger partial charge in [0, 0.05) is 10.5 Å². The largest absolute Gasteiger partial charge is 0.494 e. The molecule has 0 bridgehead atoms. The van der Waals surface area contributed by atoms with Crippen molar-refractivity contribution in [1.82, 2.24) is 0 Å². The summed E-state index contributed by atoms with van der Waals surface area (Å²) in [6, 6.07) is 10.5. The van der Waals surface area contributed by atoms with Gasteiger partial charge in [0.25, 0.3) is 0 Å². The maximum atomic E-state index is 13.1. The number of benzene rings is 2. The maximum absolute atomic E-state index is 13.1. The van der Waals surface area contributed by atoms with Crippen LogP contribution in [0.15, 0.2) is 47.4 Å². The third kappa shape index (κ3) is 4.29. The van der Waals surface area contributed by atoms with Crippen molar-refractivity contribution in [2.24, 2.45) is 0 Å². The predicted octanol–water partition coefficient (Wildman–Crippen LogP) is 4.34. The quantitative estimate of drug-likeness (QED) is 0.586. The number of thioether (sulfide) groups is 1. The molecule has 0 aromatic heterocycles. The van der Waals surface area contributed by atoms with E-state index >= 15 is 0 Å². The second-order valence-corrected chi connectivity index (χ2v) is 5.29. The van der Waals surface area contributed by atoms with Gasteiger partial charge in [-0.25, -0.2) is 8.78 Å². The van der Waals surface area contributed by atoms with E-state index in [1.807, 2.05) is 6.92 Å². The number of ether oxygens (including phenoxy) is 1.